The molecule has 242 valence electrons. The monoisotopic (exact) mass is 627 g/mol. The first-order chi connectivity index (χ1) is 20.8. The molecule has 0 radical (unpaired) electrons. The van der Waals surface area contributed by atoms with E-state index in [1.54, 1.807) is 0 Å². The number of methoxy groups -OCH3 is 1. The molecule has 3 aliphatic heterocycles. The molecule has 1 unspecified atom stereocenters. The quantitative estimate of drug-likeness (QED) is 0.124. The van der Waals surface area contributed by atoms with Crippen molar-refractivity contribution in [3.8, 4) is 34.5 Å². The lowest BCUT2D eigenvalue weighted by molar-refractivity contribution is -0.325. The third-order valence-electron chi connectivity index (χ3n) is 7.71. The lowest BCUT2D eigenvalue weighted by Crippen LogP contribution is -2.61. The zero-order valence-electron chi connectivity index (χ0n) is 23.4. The second-order valence-corrected chi connectivity index (χ2v) is 10.7. The number of ether oxygens (including phenoxy) is 6. The number of fused-ring (bicyclic) bond motifs is 1. The number of benzene rings is 2. The van der Waals surface area contributed by atoms with E-state index in [9.17, 15) is 51.1 Å². The molecule has 2 saturated heterocycles. The van der Waals surface area contributed by atoms with E-state index in [-0.39, 0.29) is 39.9 Å². The van der Waals surface area contributed by atoms with Crippen LogP contribution in [0.4, 0.5) is 0 Å². The van der Waals surface area contributed by atoms with E-state index in [1.807, 2.05) is 0 Å². The zero-order chi connectivity index (χ0) is 32.0. The van der Waals surface area contributed by atoms with Gasteiger partial charge in [0.2, 0.25) is 12.0 Å². The summed E-state index contributed by atoms with van der Waals surface area (Å²) < 4.78 is 32.2. The summed E-state index contributed by atoms with van der Waals surface area (Å²) in [5.41, 5.74) is 0.328. The van der Waals surface area contributed by atoms with E-state index < -0.39 is 85.6 Å². The minimum absolute atomic E-state index is 0.0880. The molecule has 0 bridgehead atoms. The van der Waals surface area contributed by atoms with Crippen molar-refractivity contribution >= 4 is 6.08 Å². The standard InChI is InChI=1S/C28H34O16/c1-9-19(32)22(35)24(37)27(41-9)40-8-18-21(34)23(36)25(38)28(44-18)43-17-7-12-13(30)5-11(29)6-15(12)42-26(17)10-3-14(31)20(33)16(4-10)39-2/h3-7,9,18-19,21-38H,8H2,1-2H3/p+1/t9-,18-,19+,21-,22+,23-,24-,25-,26?,27-,28-/m1/s1. The number of aliphatic hydroxyl groups is 7. The Labute approximate surface area is 249 Å². The van der Waals surface area contributed by atoms with Gasteiger partial charge in [0.25, 0.3) is 11.9 Å². The van der Waals surface area contributed by atoms with E-state index in [4.69, 9.17) is 23.7 Å². The van der Waals surface area contributed by atoms with Crippen molar-refractivity contribution in [3.63, 3.8) is 0 Å². The third-order valence-corrected chi connectivity index (χ3v) is 7.71. The molecule has 11 atom stereocenters. The van der Waals surface area contributed by atoms with Crippen LogP contribution in [0.2, 0.25) is 0 Å². The normalized spacial score (nSPS) is 35.3. The highest BCUT2D eigenvalue weighted by Crippen LogP contribution is 2.47. The molecule has 2 aromatic rings. The highest BCUT2D eigenvalue weighted by molar-refractivity contribution is 5.69. The Morgan fingerprint density at radius 3 is 2.16 bits per heavy atom. The van der Waals surface area contributed by atoms with E-state index in [0.717, 1.165) is 6.07 Å². The SMILES string of the molecule is COc1cc(C2[OH+]c3cc(O)cc(O)c3C=C2O[C@@H]2O[C@H](CO[C@@H]3O[C@H](C)[C@H](O)[C@H](O)[C@H]3O)[C@@H](O)[C@@H](O)[C@H]2O)cc(O)c1O. The van der Waals surface area contributed by atoms with Gasteiger partial charge in [-0.25, -0.2) is 0 Å². The molecule has 16 heteroatoms. The summed E-state index contributed by atoms with van der Waals surface area (Å²) in [5, 5.41) is 103. The van der Waals surface area contributed by atoms with Crippen molar-refractivity contribution in [2.45, 2.75) is 74.4 Å². The minimum Gasteiger partial charge on any atom is -0.571 e. The molecule has 16 nitrogen and oxygen atoms in total. The summed E-state index contributed by atoms with van der Waals surface area (Å²) in [5.74, 6) is -1.81. The lowest BCUT2D eigenvalue weighted by atomic mass is 9.98. The first-order valence-corrected chi connectivity index (χ1v) is 13.6. The summed E-state index contributed by atoms with van der Waals surface area (Å²) in [6, 6.07) is 4.86. The van der Waals surface area contributed by atoms with Gasteiger partial charge in [-0.2, -0.15) is 0 Å². The van der Waals surface area contributed by atoms with Gasteiger partial charge in [0.1, 0.15) is 59.8 Å². The Morgan fingerprint density at radius 1 is 0.773 bits per heavy atom. The summed E-state index contributed by atoms with van der Waals surface area (Å²) in [4.78, 5) is 0. The molecule has 0 aliphatic carbocycles. The number of phenolic OH excluding ortho intramolecular Hbond substituents is 4. The molecule has 2 aromatic carbocycles. The molecule has 5 rings (SSSR count). The Morgan fingerprint density at radius 2 is 1.45 bits per heavy atom. The van der Waals surface area contributed by atoms with Gasteiger partial charge in [-0.05, 0) is 19.1 Å². The average molecular weight is 628 g/mol. The van der Waals surface area contributed by atoms with Crippen molar-refractivity contribution in [3.05, 3.63) is 41.2 Å². The van der Waals surface area contributed by atoms with Crippen molar-refractivity contribution in [1.29, 1.82) is 0 Å². The number of hydrogen-bond donors (Lipinski definition) is 10. The fourth-order valence-corrected chi connectivity index (χ4v) is 5.18. The lowest BCUT2D eigenvalue weighted by Gasteiger charge is -2.42. The smallest absolute Gasteiger partial charge is 0.270 e. The third kappa shape index (κ3) is 5.91. The predicted octanol–water partition coefficient (Wildman–Crippen LogP) is -1.48. The summed E-state index contributed by atoms with van der Waals surface area (Å²) in [7, 11) is 1.26. The number of hydrogen-bond acceptors (Lipinski definition) is 15. The molecule has 0 amide bonds. The topological polar surface area (TPSA) is 261 Å². The Bertz CT molecular complexity index is 1380. The van der Waals surface area contributed by atoms with Gasteiger partial charge in [-0.15, -0.1) is 0 Å². The van der Waals surface area contributed by atoms with Gasteiger partial charge in [-0.1, -0.05) is 0 Å². The maximum absolute atomic E-state index is 10.8. The van der Waals surface area contributed by atoms with E-state index in [0.29, 0.717) is 0 Å². The number of phenols is 4. The maximum Gasteiger partial charge on any atom is 0.270 e. The highest BCUT2D eigenvalue weighted by atomic mass is 16.7. The van der Waals surface area contributed by atoms with Crippen LogP contribution >= 0.6 is 0 Å². The molecular formula is C28H35O16+. The number of aliphatic hydroxyl groups excluding tert-OH is 6. The fraction of sp³-hybridized carbons (Fsp3) is 0.500. The van der Waals surface area contributed by atoms with Crippen LogP contribution < -0.4 is 4.74 Å². The van der Waals surface area contributed by atoms with Crippen LogP contribution in [-0.4, -0.2) is 131 Å². The summed E-state index contributed by atoms with van der Waals surface area (Å²) >= 11 is 0. The van der Waals surface area contributed by atoms with E-state index in [2.05, 4.69) is 4.74 Å². The summed E-state index contributed by atoms with van der Waals surface area (Å²) in [6.07, 6.45) is -15.1. The van der Waals surface area contributed by atoms with Crippen LogP contribution in [0.15, 0.2) is 30.0 Å². The zero-order valence-corrected chi connectivity index (χ0v) is 23.4. The van der Waals surface area contributed by atoms with Gasteiger partial charge < -0.3 is 79.5 Å². The predicted molar refractivity (Wildman–Crippen MR) is 145 cm³/mol. The van der Waals surface area contributed by atoms with Crippen molar-refractivity contribution < 1.29 is 79.5 Å². The van der Waals surface area contributed by atoms with Crippen LogP contribution in [-0.2, 0) is 18.9 Å². The number of rotatable bonds is 7. The molecule has 44 heavy (non-hydrogen) atoms. The largest absolute Gasteiger partial charge is 0.571 e. The Hall–Kier alpha value is -3.58. The van der Waals surface area contributed by atoms with Gasteiger partial charge in [0, 0.05) is 12.1 Å². The second kappa shape index (κ2) is 12.4. The van der Waals surface area contributed by atoms with Gasteiger partial charge in [0.05, 0.1) is 31.5 Å². The average Bonchev–Trinajstić information content (AvgIpc) is 2.99. The van der Waals surface area contributed by atoms with E-state index in [1.165, 1.54) is 38.3 Å². The van der Waals surface area contributed by atoms with Gasteiger partial charge in [0.15, 0.2) is 23.5 Å². The minimum atomic E-state index is -1.83. The molecule has 3 aliphatic rings. The Balaban J connectivity index is 1.42. The van der Waals surface area contributed by atoms with Crippen molar-refractivity contribution in [1.82, 2.24) is 0 Å². The first-order valence-electron chi connectivity index (χ1n) is 13.6. The van der Waals surface area contributed by atoms with Gasteiger partial charge >= 0.3 is 0 Å². The van der Waals surface area contributed by atoms with Crippen LogP contribution in [0.5, 0.6) is 34.5 Å². The fourth-order valence-electron chi connectivity index (χ4n) is 5.18. The molecule has 0 saturated carbocycles. The van der Waals surface area contributed by atoms with Gasteiger partial charge in [-0.3, -0.25) is 0 Å². The molecule has 11 N–H and O–H groups in total. The van der Waals surface area contributed by atoms with Crippen LogP contribution in [0.3, 0.4) is 0 Å². The van der Waals surface area contributed by atoms with Crippen molar-refractivity contribution in [2.75, 3.05) is 13.7 Å². The molecule has 0 spiro atoms. The van der Waals surface area contributed by atoms with Crippen LogP contribution in [0.25, 0.3) is 6.08 Å². The highest BCUT2D eigenvalue weighted by Gasteiger charge is 2.48. The maximum atomic E-state index is 10.8. The number of aromatic hydroxyl groups is 5. The summed E-state index contributed by atoms with van der Waals surface area (Å²) in [6.45, 7) is 0.924. The van der Waals surface area contributed by atoms with Crippen LogP contribution in [0.1, 0.15) is 24.2 Å². The van der Waals surface area contributed by atoms with Crippen LogP contribution in [0, 0.1) is 0 Å². The first kappa shape index (κ1) is 31.8. The molecule has 2 fully saturated rings. The second-order valence-electron chi connectivity index (χ2n) is 10.7. The Kier molecular flexibility index (Phi) is 8.99. The van der Waals surface area contributed by atoms with Crippen molar-refractivity contribution in [2.24, 2.45) is 0 Å². The molecular weight excluding hydrogens is 592 g/mol. The van der Waals surface area contributed by atoms with E-state index >= 15 is 0 Å². The molecule has 0 aromatic heterocycles. The molecule has 3 heterocycles.